The van der Waals surface area contributed by atoms with E-state index in [1.165, 1.54) is 16.7 Å². The molecule has 0 heterocycles. The first-order valence-corrected chi connectivity index (χ1v) is 6.64. The van der Waals surface area contributed by atoms with Crippen molar-refractivity contribution < 1.29 is 0 Å². The molecule has 2 N–H and O–H groups in total. The highest BCUT2D eigenvalue weighted by molar-refractivity contribution is 5.34. The first kappa shape index (κ1) is 14.2. The number of rotatable bonds is 4. The minimum atomic E-state index is 0.236. The van der Waals surface area contributed by atoms with Crippen LogP contribution in [0.2, 0.25) is 0 Å². The highest BCUT2D eigenvalue weighted by Gasteiger charge is 2.15. The summed E-state index contributed by atoms with van der Waals surface area (Å²) in [7, 11) is 0. The van der Waals surface area contributed by atoms with Gasteiger partial charge in [-0.15, -0.1) is 0 Å². The van der Waals surface area contributed by atoms with E-state index in [1.54, 1.807) is 0 Å². The normalized spacial score (nSPS) is 13.8. The molecule has 0 aliphatic carbocycles. The van der Waals surface area contributed by atoms with Crippen LogP contribution in [-0.2, 0) is 11.8 Å². The molecule has 0 fully saturated rings. The number of nitrogens with two attached hydrogens (primary N) is 1. The second kappa shape index (κ2) is 5.68. The topological polar surface area (TPSA) is 26.0 Å². The van der Waals surface area contributed by atoms with Gasteiger partial charge in [0.05, 0.1) is 0 Å². The van der Waals surface area contributed by atoms with Gasteiger partial charge in [-0.25, -0.2) is 0 Å². The van der Waals surface area contributed by atoms with Crippen molar-refractivity contribution in [3.63, 3.8) is 0 Å². The Balaban J connectivity index is 2.91. The molecule has 0 spiro atoms. The van der Waals surface area contributed by atoms with E-state index in [4.69, 9.17) is 5.73 Å². The van der Waals surface area contributed by atoms with Gasteiger partial charge in [0.15, 0.2) is 0 Å². The van der Waals surface area contributed by atoms with Crippen LogP contribution >= 0.6 is 0 Å². The van der Waals surface area contributed by atoms with Crippen LogP contribution in [0, 0.1) is 12.8 Å². The fraction of sp³-hybridized carbons (Fsp3) is 0.625. The SMILES string of the molecule is Cc1ccc(C(C)(C)C)cc1CC(C)CCN. The second-order valence-corrected chi connectivity index (χ2v) is 6.28. The molecule has 1 aromatic rings. The van der Waals surface area contributed by atoms with Gasteiger partial charge in [0.25, 0.3) is 0 Å². The van der Waals surface area contributed by atoms with Gasteiger partial charge in [-0.2, -0.15) is 0 Å². The molecule has 0 saturated carbocycles. The maximum absolute atomic E-state index is 5.62. The maximum atomic E-state index is 5.62. The number of hydrogen-bond acceptors (Lipinski definition) is 1. The van der Waals surface area contributed by atoms with E-state index in [-0.39, 0.29) is 5.41 Å². The smallest absolute Gasteiger partial charge is 0.00746 e. The fourth-order valence-corrected chi connectivity index (χ4v) is 2.12. The van der Waals surface area contributed by atoms with Crippen molar-refractivity contribution in [1.82, 2.24) is 0 Å². The second-order valence-electron chi connectivity index (χ2n) is 6.28. The van der Waals surface area contributed by atoms with E-state index >= 15 is 0 Å². The number of aryl methyl sites for hydroxylation is 1. The Labute approximate surface area is 106 Å². The summed E-state index contributed by atoms with van der Waals surface area (Å²) >= 11 is 0. The largest absolute Gasteiger partial charge is 0.330 e. The lowest BCUT2D eigenvalue weighted by Crippen LogP contribution is -2.13. The third-order valence-electron chi connectivity index (χ3n) is 3.44. The molecule has 1 nitrogen and oxygen atoms in total. The van der Waals surface area contributed by atoms with Crippen LogP contribution in [0.1, 0.15) is 50.8 Å². The number of benzene rings is 1. The van der Waals surface area contributed by atoms with Gasteiger partial charge >= 0.3 is 0 Å². The molecule has 1 heteroatoms. The first-order valence-electron chi connectivity index (χ1n) is 6.64. The van der Waals surface area contributed by atoms with Crippen molar-refractivity contribution in [2.75, 3.05) is 6.54 Å². The lowest BCUT2D eigenvalue weighted by molar-refractivity contribution is 0.534. The van der Waals surface area contributed by atoms with E-state index < -0.39 is 0 Å². The summed E-state index contributed by atoms with van der Waals surface area (Å²) < 4.78 is 0. The molecular formula is C16H27N. The summed E-state index contributed by atoms with van der Waals surface area (Å²) in [5.41, 5.74) is 10.2. The first-order chi connectivity index (χ1) is 7.84. The van der Waals surface area contributed by atoms with Gasteiger partial charge in [0, 0.05) is 0 Å². The Morgan fingerprint density at radius 1 is 1.24 bits per heavy atom. The predicted octanol–water partition coefficient (Wildman–Crippen LogP) is 3.82. The third-order valence-corrected chi connectivity index (χ3v) is 3.44. The Morgan fingerprint density at radius 2 is 1.88 bits per heavy atom. The Morgan fingerprint density at radius 3 is 2.41 bits per heavy atom. The van der Waals surface area contributed by atoms with Crippen LogP contribution < -0.4 is 5.73 Å². The summed E-state index contributed by atoms with van der Waals surface area (Å²) in [5.74, 6) is 0.675. The van der Waals surface area contributed by atoms with Gasteiger partial charge in [-0.1, -0.05) is 45.9 Å². The summed E-state index contributed by atoms with van der Waals surface area (Å²) in [4.78, 5) is 0. The molecule has 0 aliphatic rings. The summed E-state index contributed by atoms with van der Waals surface area (Å²) in [5, 5.41) is 0. The quantitative estimate of drug-likeness (QED) is 0.840. The maximum Gasteiger partial charge on any atom is -0.00746 e. The van der Waals surface area contributed by atoms with E-state index in [0.29, 0.717) is 5.92 Å². The molecule has 96 valence electrons. The molecule has 0 amide bonds. The molecule has 1 atom stereocenters. The van der Waals surface area contributed by atoms with Crippen molar-refractivity contribution >= 4 is 0 Å². The highest BCUT2D eigenvalue weighted by atomic mass is 14.5. The summed E-state index contributed by atoms with van der Waals surface area (Å²) in [6.07, 6.45) is 2.26. The average molecular weight is 233 g/mol. The molecule has 1 rings (SSSR count). The minimum absolute atomic E-state index is 0.236. The Kier molecular flexibility index (Phi) is 4.76. The van der Waals surface area contributed by atoms with E-state index in [0.717, 1.165) is 19.4 Å². The lowest BCUT2D eigenvalue weighted by atomic mass is 9.84. The zero-order valence-corrected chi connectivity index (χ0v) is 12.0. The van der Waals surface area contributed by atoms with Crippen molar-refractivity contribution in [2.45, 2.75) is 52.9 Å². The molecule has 17 heavy (non-hydrogen) atoms. The monoisotopic (exact) mass is 233 g/mol. The molecule has 0 radical (unpaired) electrons. The third kappa shape index (κ3) is 4.16. The molecule has 0 saturated heterocycles. The summed E-state index contributed by atoms with van der Waals surface area (Å²) in [6.45, 7) is 12.1. The van der Waals surface area contributed by atoms with E-state index in [1.807, 2.05) is 0 Å². The van der Waals surface area contributed by atoms with Crippen molar-refractivity contribution in [3.05, 3.63) is 34.9 Å². The molecule has 1 unspecified atom stereocenters. The Bertz CT molecular complexity index is 360. The van der Waals surface area contributed by atoms with Gasteiger partial charge in [-0.3, -0.25) is 0 Å². The van der Waals surface area contributed by atoms with Gasteiger partial charge in [-0.05, 0) is 54.3 Å². The highest BCUT2D eigenvalue weighted by Crippen LogP contribution is 2.26. The van der Waals surface area contributed by atoms with Gasteiger partial charge < -0.3 is 5.73 Å². The molecule has 1 aromatic carbocycles. The van der Waals surface area contributed by atoms with Crippen molar-refractivity contribution in [3.8, 4) is 0 Å². The van der Waals surface area contributed by atoms with Gasteiger partial charge in [0.2, 0.25) is 0 Å². The zero-order valence-electron chi connectivity index (χ0n) is 12.0. The minimum Gasteiger partial charge on any atom is -0.330 e. The van der Waals surface area contributed by atoms with Crippen molar-refractivity contribution in [2.24, 2.45) is 11.7 Å². The van der Waals surface area contributed by atoms with Crippen LogP contribution in [0.5, 0.6) is 0 Å². The lowest BCUT2D eigenvalue weighted by Gasteiger charge is -2.22. The van der Waals surface area contributed by atoms with Gasteiger partial charge in [0.1, 0.15) is 0 Å². The molecule has 0 aliphatic heterocycles. The zero-order chi connectivity index (χ0) is 13.1. The van der Waals surface area contributed by atoms with E-state index in [9.17, 15) is 0 Å². The predicted molar refractivity (Wildman–Crippen MR) is 76.4 cm³/mol. The molecule has 0 bridgehead atoms. The van der Waals surface area contributed by atoms with E-state index in [2.05, 4.69) is 52.8 Å². The number of hydrogen-bond donors (Lipinski definition) is 1. The average Bonchev–Trinajstić information content (AvgIpc) is 2.20. The fourth-order valence-electron chi connectivity index (χ4n) is 2.12. The van der Waals surface area contributed by atoms with Crippen LogP contribution in [0.25, 0.3) is 0 Å². The standard InChI is InChI=1S/C16H27N/c1-12(8-9-17)10-14-11-15(16(3,4)5)7-6-13(14)2/h6-7,11-12H,8-10,17H2,1-5H3. The Hall–Kier alpha value is -0.820. The van der Waals surface area contributed by atoms with Crippen molar-refractivity contribution in [1.29, 1.82) is 0 Å². The molecular weight excluding hydrogens is 206 g/mol. The van der Waals surface area contributed by atoms with Crippen LogP contribution in [0.15, 0.2) is 18.2 Å². The summed E-state index contributed by atoms with van der Waals surface area (Å²) in [6, 6.07) is 6.89. The van der Waals surface area contributed by atoms with Crippen LogP contribution in [-0.4, -0.2) is 6.54 Å². The molecule has 0 aromatic heterocycles. The van der Waals surface area contributed by atoms with Crippen LogP contribution in [0.4, 0.5) is 0 Å². The van der Waals surface area contributed by atoms with Crippen LogP contribution in [0.3, 0.4) is 0 Å².